The molecule has 0 radical (unpaired) electrons. The Morgan fingerprint density at radius 3 is 2.44 bits per heavy atom. The van der Waals surface area contributed by atoms with Crippen LogP contribution in [0.3, 0.4) is 0 Å². The molecule has 1 unspecified atom stereocenters. The predicted molar refractivity (Wildman–Crippen MR) is 39.4 cm³/mol. The van der Waals surface area contributed by atoms with Gasteiger partial charge in [-0.1, -0.05) is 0 Å². The van der Waals surface area contributed by atoms with Gasteiger partial charge in [-0.25, -0.2) is 0 Å². The van der Waals surface area contributed by atoms with Gasteiger partial charge in [0, 0.05) is 7.05 Å². The summed E-state index contributed by atoms with van der Waals surface area (Å²) in [5, 5.41) is 2.47. The van der Waals surface area contributed by atoms with Crippen LogP contribution >= 0.6 is 6.57 Å². The molecule has 0 saturated heterocycles. The van der Waals surface area contributed by atoms with Gasteiger partial charge in [0.05, 0.1) is 0 Å². The van der Waals surface area contributed by atoms with Gasteiger partial charge < -0.3 is 4.89 Å². The standard InChI is InChI=1S/C3H9N2O2PS/c1-4-8(7,9)5(2)3-6/h3H,1-2H3,(H2,4,7,9). The van der Waals surface area contributed by atoms with Gasteiger partial charge in [0.15, 0.2) is 0 Å². The van der Waals surface area contributed by atoms with Crippen LogP contribution in [0.1, 0.15) is 0 Å². The first-order valence-corrected chi connectivity index (χ1v) is 4.96. The molecule has 0 aromatic heterocycles. The molecule has 0 fully saturated rings. The average Bonchev–Trinajstić information content (AvgIpc) is 1.86. The van der Waals surface area contributed by atoms with Crippen molar-refractivity contribution in [2.75, 3.05) is 14.1 Å². The molecule has 1 atom stereocenters. The van der Waals surface area contributed by atoms with Gasteiger partial charge in [-0.05, 0) is 18.9 Å². The van der Waals surface area contributed by atoms with E-state index in [0.29, 0.717) is 6.41 Å². The molecule has 0 aromatic carbocycles. The Morgan fingerprint density at radius 1 is 1.89 bits per heavy atom. The van der Waals surface area contributed by atoms with Crippen molar-refractivity contribution in [2.24, 2.45) is 0 Å². The minimum atomic E-state index is -2.72. The zero-order valence-electron chi connectivity index (χ0n) is 5.24. The van der Waals surface area contributed by atoms with E-state index < -0.39 is 6.57 Å². The van der Waals surface area contributed by atoms with Crippen molar-refractivity contribution < 1.29 is 9.69 Å². The maximum atomic E-state index is 10.00. The van der Waals surface area contributed by atoms with Gasteiger partial charge in [-0.2, -0.15) is 0 Å². The highest BCUT2D eigenvalue weighted by molar-refractivity contribution is 8.09. The third-order valence-corrected chi connectivity index (χ3v) is 3.72. The van der Waals surface area contributed by atoms with Crippen molar-refractivity contribution >= 4 is 24.8 Å². The van der Waals surface area contributed by atoms with Crippen LogP contribution < -0.4 is 5.09 Å². The number of amides is 1. The normalized spacial score (nSPS) is 16.3. The van der Waals surface area contributed by atoms with Crippen LogP contribution in [0.2, 0.25) is 0 Å². The third-order valence-electron chi connectivity index (χ3n) is 0.871. The van der Waals surface area contributed by atoms with Crippen LogP contribution in [0, 0.1) is 0 Å². The summed E-state index contributed by atoms with van der Waals surface area (Å²) in [5.41, 5.74) is 0. The van der Waals surface area contributed by atoms with E-state index in [-0.39, 0.29) is 0 Å². The molecule has 6 heteroatoms. The molecule has 1 amide bonds. The summed E-state index contributed by atoms with van der Waals surface area (Å²) in [6.45, 7) is -2.72. The lowest BCUT2D eigenvalue weighted by atomic mass is 11.2. The number of nitrogens with one attached hydrogen (secondary N) is 1. The second-order valence-electron chi connectivity index (χ2n) is 1.45. The molecule has 0 heterocycles. The third kappa shape index (κ3) is 2.41. The van der Waals surface area contributed by atoms with Gasteiger partial charge in [-0.15, -0.1) is 0 Å². The van der Waals surface area contributed by atoms with Crippen LogP contribution in [-0.4, -0.2) is 30.1 Å². The summed E-state index contributed by atoms with van der Waals surface area (Å²) in [6.07, 6.45) is 0.497. The number of carbonyl (C=O) groups is 1. The van der Waals surface area contributed by atoms with E-state index in [2.05, 4.69) is 16.9 Å². The first kappa shape index (κ1) is 9.04. The largest absolute Gasteiger partial charge is 0.338 e. The number of carbonyl (C=O) groups excluding carboxylic acids is 1. The molecular formula is C3H9N2O2PS. The number of rotatable bonds is 3. The highest BCUT2D eigenvalue weighted by Crippen LogP contribution is 2.36. The summed E-state index contributed by atoms with van der Waals surface area (Å²) in [4.78, 5) is 19.1. The molecule has 0 spiro atoms. The lowest BCUT2D eigenvalue weighted by Crippen LogP contribution is -2.19. The predicted octanol–water partition coefficient (Wildman–Crippen LogP) is -0.489. The molecule has 0 aliphatic carbocycles. The zero-order chi connectivity index (χ0) is 7.49. The highest BCUT2D eigenvalue weighted by Gasteiger charge is 2.13. The van der Waals surface area contributed by atoms with Crippen LogP contribution in [0.5, 0.6) is 0 Å². The molecule has 9 heavy (non-hydrogen) atoms. The van der Waals surface area contributed by atoms with Crippen molar-refractivity contribution in [2.45, 2.75) is 0 Å². The minimum Gasteiger partial charge on any atom is -0.338 e. The summed E-state index contributed by atoms with van der Waals surface area (Å²) in [7, 11) is 2.95. The highest BCUT2D eigenvalue weighted by atomic mass is 32.4. The number of nitrogens with zero attached hydrogens (tertiary/aromatic N) is 1. The Hall–Kier alpha value is 0.0400. The van der Waals surface area contributed by atoms with Crippen molar-refractivity contribution in [1.29, 1.82) is 0 Å². The van der Waals surface area contributed by atoms with Crippen molar-refractivity contribution in [3.63, 3.8) is 0 Å². The average molecular weight is 168 g/mol. The van der Waals surface area contributed by atoms with Crippen molar-refractivity contribution in [1.82, 2.24) is 9.76 Å². The maximum Gasteiger partial charge on any atom is 0.224 e. The Morgan fingerprint density at radius 2 is 2.33 bits per heavy atom. The van der Waals surface area contributed by atoms with Crippen molar-refractivity contribution in [3.05, 3.63) is 0 Å². The number of hydrogen-bond acceptors (Lipinski definition) is 2. The molecule has 0 aliphatic heterocycles. The Labute approximate surface area is 59.1 Å². The summed E-state index contributed by atoms with van der Waals surface area (Å²) < 4.78 is 1.06. The maximum absolute atomic E-state index is 10.00. The molecule has 0 aliphatic rings. The van der Waals surface area contributed by atoms with Gasteiger partial charge >= 0.3 is 0 Å². The fourth-order valence-electron chi connectivity index (χ4n) is 0.222. The Kier molecular flexibility index (Phi) is 3.28. The molecule has 0 saturated carbocycles. The second-order valence-corrected chi connectivity index (χ2v) is 5.14. The molecular weight excluding hydrogens is 159 g/mol. The van der Waals surface area contributed by atoms with Crippen LogP contribution in [-0.2, 0) is 16.6 Å². The molecule has 0 aromatic rings. The smallest absolute Gasteiger partial charge is 0.224 e. The fraction of sp³-hybridized carbons (Fsp3) is 0.667. The molecule has 0 bridgehead atoms. The number of hydrogen-bond donors (Lipinski definition) is 2. The zero-order valence-corrected chi connectivity index (χ0v) is 6.95. The van der Waals surface area contributed by atoms with Gasteiger partial charge in [-0.3, -0.25) is 14.6 Å². The fourth-order valence-corrected chi connectivity index (χ4v) is 0.780. The minimum absolute atomic E-state index is 0.497. The summed E-state index contributed by atoms with van der Waals surface area (Å²) in [5.74, 6) is 0. The molecule has 54 valence electrons. The van der Waals surface area contributed by atoms with Crippen LogP contribution in [0.15, 0.2) is 0 Å². The van der Waals surface area contributed by atoms with Gasteiger partial charge in [0.1, 0.15) is 0 Å². The van der Waals surface area contributed by atoms with Gasteiger partial charge in [0.25, 0.3) is 0 Å². The van der Waals surface area contributed by atoms with Crippen LogP contribution in [0.4, 0.5) is 0 Å². The first-order valence-electron chi connectivity index (χ1n) is 2.25. The topological polar surface area (TPSA) is 52.6 Å². The molecule has 4 nitrogen and oxygen atoms in total. The Balaban J connectivity index is 4.14. The van der Waals surface area contributed by atoms with Crippen LogP contribution in [0.25, 0.3) is 0 Å². The van der Waals surface area contributed by atoms with Crippen molar-refractivity contribution in [3.8, 4) is 0 Å². The summed E-state index contributed by atoms with van der Waals surface area (Å²) >= 11 is 4.62. The monoisotopic (exact) mass is 168 g/mol. The lowest BCUT2D eigenvalue weighted by Gasteiger charge is -2.20. The Bertz CT molecular complexity index is 151. The van der Waals surface area contributed by atoms with E-state index in [9.17, 15) is 4.79 Å². The SMILES string of the molecule is CNP(O)(=S)N(C)C=O. The lowest BCUT2D eigenvalue weighted by molar-refractivity contribution is -0.113. The molecule has 2 N–H and O–H groups in total. The van der Waals surface area contributed by atoms with E-state index in [0.717, 1.165) is 4.67 Å². The quantitative estimate of drug-likeness (QED) is 0.441. The van der Waals surface area contributed by atoms with E-state index in [4.69, 9.17) is 4.89 Å². The van der Waals surface area contributed by atoms with E-state index in [1.807, 2.05) is 0 Å². The molecule has 0 rings (SSSR count). The van der Waals surface area contributed by atoms with E-state index in [1.54, 1.807) is 0 Å². The first-order chi connectivity index (χ1) is 4.04. The van der Waals surface area contributed by atoms with Gasteiger partial charge in [0.2, 0.25) is 13.0 Å². The van der Waals surface area contributed by atoms with E-state index >= 15 is 0 Å². The van der Waals surface area contributed by atoms with E-state index in [1.165, 1.54) is 14.1 Å². The second kappa shape index (κ2) is 3.27. The summed E-state index contributed by atoms with van der Waals surface area (Å²) in [6, 6.07) is 0.